The summed E-state index contributed by atoms with van der Waals surface area (Å²) in [5.74, 6) is 1.18. The lowest BCUT2D eigenvalue weighted by Gasteiger charge is -2.30. The highest BCUT2D eigenvalue weighted by atomic mass is 16.6. The maximum Gasteiger partial charge on any atom is 0.287 e. The second kappa shape index (κ2) is 4.68. The van der Waals surface area contributed by atoms with E-state index in [-0.39, 0.29) is 5.69 Å². The molecule has 1 atom stereocenters. The van der Waals surface area contributed by atoms with E-state index in [2.05, 4.69) is 34.6 Å². The summed E-state index contributed by atoms with van der Waals surface area (Å²) in [6.07, 6.45) is 2.35. The Kier molecular flexibility index (Phi) is 2.87. The third-order valence-corrected chi connectivity index (χ3v) is 3.45. The van der Waals surface area contributed by atoms with E-state index < -0.39 is 4.92 Å². The van der Waals surface area contributed by atoms with E-state index in [9.17, 15) is 10.1 Å². The van der Waals surface area contributed by atoms with Gasteiger partial charge in [-0.2, -0.15) is 0 Å². The summed E-state index contributed by atoms with van der Waals surface area (Å²) in [4.78, 5) is 14.1. The molecule has 5 heteroatoms. The van der Waals surface area contributed by atoms with Gasteiger partial charge in [-0.05, 0) is 23.6 Å². The number of anilines is 1. The molecule has 1 aromatic heterocycles. The van der Waals surface area contributed by atoms with Gasteiger partial charge in [0.2, 0.25) is 0 Å². The number of fused-ring (bicyclic) bond motifs is 1. The van der Waals surface area contributed by atoms with Crippen LogP contribution in [0.5, 0.6) is 0 Å². The maximum absolute atomic E-state index is 10.5. The number of hydrogen-bond donors (Lipinski definition) is 1. The van der Waals surface area contributed by atoms with E-state index in [0.717, 1.165) is 13.0 Å². The number of pyridine rings is 1. The largest absolute Gasteiger partial charge is 0.369 e. The first-order valence-corrected chi connectivity index (χ1v) is 6.16. The van der Waals surface area contributed by atoms with Crippen LogP contribution in [-0.2, 0) is 6.42 Å². The lowest BCUT2D eigenvalue weighted by Crippen LogP contribution is -2.24. The minimum absolute atomic E-state index is 0.0135. The van der Waals surface area contributed by atoms with Gasteiger partial charge < -0.3 is 5.32 Å². The Balaban J connectivity index is 1.60. The molecule has 1 heterocycles. The quantitative estimate of drug-likeness (QED) is 0.673. The number of aromatic nitrogens is 1. The van der Waals surface area contributed by atoms with Gasteiger partial charge in [0, 0.05) is 18.5 Å². The smallest absolute Gasteiger partial charge is 0.287 e. The van der Waals surface area contributed by atoms with Crippen molar-refractivity contribution in [2.24, 2.45) is 0 Å². The molecule has 0 bridgehead atoms. The first-order chi connectivity index (χ1) is 9.24. The van der Waals surface area contributed by atoms with Crippen LogP contribution in [0.15, 0.2) is 42.6 Å². The zero-order valence-electron chi connectivity index (χ0n) is 10.2. The zero-order valence-corrected chi connectivity index (χ0v) is 10.2. The number of nitro groups is 1. The fourth-order valence-electron chi connectivity index (χ4n) is 2.37. The minimum Gasteiger partial charge on any atom is -0.369 e. The first kappa shape index (κ1) is 11.6. The molecule has 1 aromatic carbocycles. The summed E-state index contributed by atoms with van der Waals surface area (Å²) < 4.78 is 0. The number of rotatable bonds is 4. The summed E-state index contributed by atoms with van der Waals surface area (Å²) >= 11 is 0. The molecule has 0 amide bonds. The molecule has 96 valence electrons. The number of nitrogens with zero attached hydrogens (tertiary/aromatic N) is 2. The third kappa shape index (κ3) is 2.27. The topological polar surface area (TPSA) is 68.1 Å². The van der Waals surface area contributed by atoms with Crippen molar-refractivity contribution in [1.82, 2.24) is 4.98 Å². The Morgan fingerprint density at radius 2 is 2.16 bits per heavy atom. The molecule has 0 saturated heterocycles. The first-order valence-electron chi connectivity index (χ1n) is 6.16. The molecule has 1 N–H and O–H groups in total. The Morgan fingerprint density at radius 1 is 1.32 bits per heavy atom. The molecule has 19 heavy (non-hydrogen) atoms. The lowest BCUT2D eigenvalue weighted by atomic mass is 9.77. The second-order valence-electron chi connectivity index (χ2n) is 4.64. The van der Waals surface area contributed by atoms with Crippen LogP contribution in [-0.4, -0.2) is 16.5 Å². The molecular formula is C14H13N3O2. The SMILES string of the molecule is O=[N+]([O-])c1ccc(NCC2Cc3ccccc32)nc1. The fourth-order valence-corrected chi connectivity index (χ4v) is 2.37. The van der Waals surface area contributed by atoms with Gasteiger partial charge in [0.05, 0.1) is 4.92 Å². The fraction of sp³-hybridized carbons (Fsp3) is 0.214. The lowest BCUT2D eigenvalue weighted by molar-refractivity contribution is -0.385. The van der Waals surface area contributed by atoms with Gasteiger partial charge in [0.15, 0.2) is 0 Å². The molecule has 0 aliphatic heterocycles. The van der Waals surface area contributed by atoms with E-state index >= 15 is 0 Å². The molecular weight excluding hydrogens is 242 g/mol. The molecule has 3 rings (SSSR count). The predicted octanol–water partition coefficient (Wildman–Crippen LogP) is 2.74. The predicted molar refractivity (Wildman–Crippen MR) is 72.3 cm³/mol. The van der Waals surface area contributed by atoms with Crippen molar-refractivity contribution >= 4 is 11.5 Å². The van der Waals surface area contributed by atoms with Crippen LogP contribution < -0.4 is 5.32 Å². The van der Waals surface area contributed by atoms with E-state index in [1.54, 1.807) is 6.07 Å². The van der Waals surface area contributed by atoms with Crippen molar-refractivity contribution in [2.45, 2.75) is 12.3 Å². The highest BCUT2D eigenvalue weighted by molar-refractivity contribution is 5.44. The molecule has 0 fully saturated rings. The molecule has 1 unspecified atom stereocenters. The molecule has 1 aliphatic carbocycles. The number of nitrogens with one attached hydrogen (secondary N) is 1. The zero-order chi connectivity index (χ0) is 13.2. The summed E-state index contributed by atoms with van der Waals surface area (Å²) in [6.45, 7) is 0.807. The minimum atomic E-state index is -0.445. The van der Waals surface area contributed by atoms with Gasteiger partial charge in [-0.25, -0.2) is 4.98 Å². The Bertz CT molecular complexity index is 610. The Morgan fingerprint density at radius 3 is 2.84 bits per heavy atom. The van der Waals surface area contributed by atoms with Gasteiger partial charge >= 0.3 is 0 Å². The van der Waals surface area contributed by atoms with Crippen molar-refractivity contribution in [3.63, 3.8) is 0 Å². The van der Waals surface area contributed by atoms with Gasteiger partial charge in [-0.1, -0.05) is 24.3 Å². The van der Waals surface area contributed by atoms with E-state index in [4.69, 9.17) is 0 Å². The van der Waals surface area contributed by atoms with Crippen molar-refractivity contribution in [1.29, 1.82) is 0 Å². The third-order valence-electron chi connectivity index (χ3n) is 3.45. The summed E-state index contributed by atoms with van der Waals surface area (Å²) in [6, 6.07) is 11.5. The van der Waals surface area contributed by atoms with Crippen molar-refractivity contribution < 1.29 is 4.92 Å². The standard InChI is InChI=1S/C14H13N3O2/c18-17(19)12-5-6-14(16-9-12)15-8-11-7-10-3-1-2-4-13(10)11/h1-6,9,11H,7-8H2,(H,15,16). The van der Waals surface area contributed by atoms with E-state index in [1.807, 2.05) is 0 Å². The Hall–Kier alpha value is -2.43. The van der Waals surface area contributed by atoms with Gasteiger partial charge in [-0.3, -0.25) is 10.1 Å². The van der Waals surface area contributed by atoms with E-state index in [0.29, 0.717) is 11.7 Å². The van der Waals surface area contributed by atoms with Crippen LogP contribution in [0.2, 0.25) is 0 Å². The average molecular weight is 255 g/mol. The molecule has 0 saturated carbocycles. The normalized spacial score (nSPS) is 16.3. The summed E-state index contributed by atoms with van der Waals surface area (Å²) in [7, 11) is 0. The van der Waals surface area contributed by atoms with Crippen molar-refractivity contribution in [3.8, 4) is 0 Å². The summed E-state index contributed by atoms with van der Waals surface area (Å²) in [5.41, 5.74) is 2.81. The van der Waals surface area contributed by atoms with Gasteiger partial charge in [0.1, 0.15) is 12.0 Å². The average Bonchev–Trinajstić information content (AvgIpc) is 2.40. The second-order valence-corrected chi connectivity index (χ2v) is 4.64. The van der Waals surface area contributed by atoms with Crippen LogP contribution in [0, 0.1) is 10.1 Å². The molecule has 0 radical (unpaired) electrons. The number of hydrogen-bond acceptors (Lipinski definition) is 4. The maximum atomic E-state index is 10.5. The monoisotopic (exact) mass is 255 g/mol. The highest BCUT2D eigenvalue weighted by Crippen LogP contribution is 2.34. The van der Waals surface area contributed by atoms with E-state index in [1.165, 1.54) is 23.4 Å². The molecule has 5 nitrogen and oxygen atoms in total. The molecule has 0 spiro atoms. The highest BCUT2D eigenvalue weighted by Gasteiger charge is 2.24. The molecule has 2 aromatic rings. The van der Waals surface area contributed by atoms with Gasteiger partial charge in [-0.15, -0.1) is 0 Å². The molecule has 1 aliphatic rings. The van der Waals surface area contributed by atoms with Crippen LogP contribution in [0.1, 0.15) is 17.0 Å². The number of benzene rings is 1. The van der Waals surface area contributed by atoms with Crippen LogP contribution >= 0.6 is 0 Å². The van der Waals surface area contributed by atoms with Crippen LogP contribution in [0.25, 0.3) is 0 Å². The van der Waals surface area contributed by atoms with Crippen LogP contribution in [0.3, 0.4) is 0 Å². The van der Waals surface area contributed by atoms with Crippen molar-refractivity contribution in [2.75, 3.05) is 11.9 Å². The Labute approximate surface area is 110 Å². The van der Waals surface area contributed by atoms with Crippen LogP contribution in [0.4, 0.5) is 11.5 Å². The summed E-state index contributed by atoms with van der Waals surface area (Å²) in [5, 5.41) is 13.7. The van der Waals surface area contributed by atoms with Crippen molar-refractivity contribution in [3.05, 3.63) is 63.8 Å². The van der Waals surface area contributed by atoms with Gasteiger partial charge in [0.25, 0.3) is 5.69 Å².